The highest BCUT2D eigenvalue weighted by Gasteiger charge is 2.16. The number of nitrogens with one attached hydrogen (secondary N) is 1. The second-order valence-electron chi connectivity index (χ2n) is 4.38. The molecule has 0 fully saturated rings. The lowest BCUT2D eigenvalue weighted by atomic mass is 10.2. The molecule has 0 aliphatic carbocycles. The Hall–Kier alpha value is -1.62. The van der Waals surface area contributed by atoms with Crippen LogP contribution in [0.3, 0.4) is 0 Å². The minimum Gasteiger partial charge on any atom is -0.478 e. The maximum Gasteiger partial charge on any atom is 0.260 e. The van der Waals surface area contributed by atoms with Gasteiger partial charge in [0.05, 0.1) is 6.10 Å². The topological polar surface area (TPSA) is 58.6 Å². The van der Waals surface area contributed by atoms with E-state index in [9.17, 15) is 14.3 Å². The van der Waals surface area contributed by atoms with Crippen LogP contribution >= 0.6 is 0 Å². The lowest BCUT2D eigenvalue weighted by Crippen LogP contribution is -2.40. The highest BCUT2D eigenvalue weighted by atomic mass is 19.1. The first-order chi connectivity index (χ1) is 9.04. The highest BCUT2D eigenvalue weighted by Crippen LogP contribution is 2.16. The van der Waals surface area contributed by atoms with Gasteiger partial charge in [0.2, 0.25) is 0 Å². The molecule has 0 saturated heterocycles. The van der Waals surface area contributed by atoms with Gasteiger partial charge in [0.1, 0.15) is 0 Å². The first kappa shape index (κ1) is 15.4. The summed E-state index contributed by atoms with van der Waals surface area (Å²) in [6, 6.07) is 5.91. The third-order valence-corrected chi connectivity index (χ3v) is 2.64. The second-order valence-corrected chi connectivity index (χ2v) is 4.38. The molecular formula is C14H20FNO3. The van der Waals surface area contributed by atoms with Crippen LogP contribution < -0.4 is 10.1 Å². The Balaban J connectivity index is 2.43. The molecular weight excluding hydrogens is 249 g/mol. The van der Waals surface area contributed by atoms with Crippen LogP contribution in [0.2, 0.25) is 0 Å². The van der Waals surface area contributed by atoms with Gasteiger partial charge in [0, 0.05) is 6.54 Å². The van der Waals surface area contributed by atoms with Gasteiger partial charge < -0.3 is 15.2 Å². The molecule has 5 heteroatoms. The van der Waals surface area contributed by atoms with Crippen molar-refractivity contribution in [2.75, 3.05) is 6.54 Å². The summed E-state index contributed by atoms with van der Waals surface area (Å²) in [4.78, 5) is 11.7. The molecule has 2 N–H and O–H groups in total. The van der Waals surface area contributed by atoms with Crippen LogP contribution in [0.25, 0.3) is 0 Å². The number of carbonyl (C=O) groups excluding carboxylic acids is 1. The molecule has 0 aromatic heterocycles. The Morgan fingerprint density at radius 3 is 2.79 bits per heavy atom. The summed E-state index contributed by atoms with van der Waals surface area (Å²) in [5.74, 6) is -0.842. The zero-order chi connectivity index (χ0) is 14.3. The number of hydrogen-bond donors (Lipinski definition) is 2. The summed E-state index contributed by atoms with van der Waals surface area (Å²) in [5, 5.41) is 12.1. The summed E-state index contributed by atoms with van der Waals surface area (Å²) in [5.41, 5.74) is 0. The Morgan fingerprint density at radius 1 is 1.47 bits per heavy atom. The van der Waals surface area contributed by atoms with E-state index >= 15 is 0 Å². The fraction of sp³-hybridized carbons (Fsp3) is 0.500. The number of benzene rings is 1. The van der Waals surface area contributed by atoms with Crippen LogP contribution in [0.15, 0.2) is 24.3 Å². The lowest BCUT2D eigenvalue weighted by Gasteiger charge is -2.16. The van der Waals surface area contributed by atoms with Crippen molar-refractivity contribution in [1.82, 2.24) is 5.32 Å². The predicted molar refractivity (Wildman–Crippen MR) is 70.4 cm³/mol. The minimum atomic E-state index is -0.814. The van der Waals surface area contributed by atoms with E-state index in [1.165, 1.54) is 19.1 Å². The number of amides is 1. The number of aliphatic hydroxyl groups is 1. The van der Waals surface area contributed by atoms with Crippen LogP contribution in [-0.2, 0) is 4.79 Å². The maximum absolute atomic E-state index is 13.3. The normalized spacial score (nSPS) is 13.7. The van der Waals surface area contributed by atoms with Gasteiger partial charge in [0.25, 0.3) is 5.91 Å². The molecule has 0 heterocycles. The lowest BCUT2D eigenvalue weighted by molar-refractivity contribution is -0.127. The monoisotopic (exact) mass is 269 g/mol. The smallest absolute Gasteiger partial charge is 0.260 e. The van der Waals surface area contributed by atoms with E-state index in [2.05, 4.69) is 5.32 Å². The summed E-state index contributed by atoms with van der Waals surface area (Å²) in [7, 11) is 0. The molecule has 0 spiro atoms. The molecule has 4 nitrogen and oxygen atoms in total. The Kier molecular flexibility index (Phi) is 6.29. The number of carbonyl (C=O) groups is 1. The van der Waals surface area contributed by atoms with Crippen LogP contribution in [-0.4, -0.2) is 29.8 Å². The van der Waals surface area contributed by atoms with Crippen molar-refractivity contribution in [3.63, 3.8) is 0 Å². The van der Waals surface area contributed by atoms with Gasteiger partial charge in [-0.1, -0.05) is 25.5 Å². The van der Waals surface area contributed by atoms with Crippen LogP contribution in [0.5, 0.6) is 5.75 Å². The van der Waals surface area contributed by atoms with Crippen molar-refractivity contribution >= 4 is 5.91 Å². The number of rotatable bonds is 7. The molecule has 2 unspecified atom stereocenters. The third kappa shape index (κ3) is 5.26. The fourth-order valence-corrected chi connectivity index (χ4v) is 1.58. The van der Waals surface area contributed by atoms with E-state index in [4.69, 9.17) is 4.74 Å². The summed E-state index contributed by atoms with van der Waals surface area (Å²) in [6.07, 6.45) is 0.0987. The van der Waals surface area contributed by atoms with Crippen LogP contribution in [0.4, 0.5) is 4.39 Å². The van der Waals surface area contributed by atoms with Crippen molar-refractivity contribution < 1.29 is 19.0 Å². The molecule has 1 rings (SSSR count). The van der Waals surface area contributed by atoms with Gasteiger partial charge in [-0.2, -0.15) is 0 Å². The summed E-state index contributed by atoms with van der Waals surface area (Å²) < 4.78 is 18.6. The van der Waals surface area contributed by atoms with E-state index in [1.807, 2.05) is 6.92 Å². The van der Waals surface area contributed by atoms with Gasteiger partial charge in [-0.15, -0.1) is 0 Å². The summed E-state index contributed by atoms with van der Waals surface area (Å²) in [6.45, 7) is 3.67. The van der Waals surface area contributed by atoms with E-state index in [1.54, 1.807) is 12.1 Å². The molecule has 2 atom stereocenters. The van der Waals surface area contributed by atoms with Gasteiger partial charge >= 0.3 is 0 Å². The number of hydrogen-bond acceptors (Lipinski definition) is 3. The average molecular weight is 269 g/mol. The molecule has 0 aliphatic rings. The van der Waals surface area contributed by atoms with Gasteiger partial charge in [-0.05, 0) is 25.5 Å². The molecule has 1 aromatic rings. The zero-order valence-corrected chi connectivity index (χ0v) is 11.2. The van der Waals surface area contributed by atoms with E-state index in [0.717, 1.165) is 6.42 Å². The largest absolute Gasteiger partial charge is 0.478 e. The number of halogens is 1. The molecule has 0 aliphatic heterocycles. The summed E-state index contributed by atoms with van der Waals surface area (Å²) >= 11 is 0. The van der Waals surface area contributed by atoms with Crippen molar-refractivity contribution in [2.45, 2.75) is 38.9 Å². The molecule has 19 heavy (non-hydrogen) atoms. The van der Waals surface area contributed by atoms with Crippen molar-refractivity contribution in [2.24, 2.45) is 0 Å². The number of aliphatic hydroxyl groups excluding tert-OH is 1. The molecule has 0 saturated carbocycles. The van der Waals surface area contributed by atoms with Gasteiger partial charge in [0.15, 0.2) is 17.7 Å². The third-order valence-electron chi connectivity index (χ3n) is 2.64. The van der Waals surface area contributed by atoms with E-state index in [-0.39, 0.29) is 18.2 Å². The van der Waals surface area contributed by atoms with Gasteiger partial charge in [-0.3, -0.25) is 4.79 Å². The SMILES string of the molecule is CCCC(O)CNC(=O)C(C)Oc1ccccc1F. The second kappa shape index (κ2) is 7.74. The molecule has 1 amide bonds. The van der Waals surface area contributed by atoms with E-state index in [0.29, 0.717) is 6.42 Å². The quantitative estimate of drug-likeness (QED) is 0.794. The first-order valence-electron chi connectivity index (χ1n) is 6.41. The predicted octanol–water partition coefficient (Wildman–Crippen LogP) is 1.87. The average Bonchev–Trinajstić information content (AvgIpc) is 2.39. The molecule has 0 bridgehead atoms. The van der Waals surface area contributed by atoms with Crippen molar-refractivity contribution in [1.29, 1.82) is 0 Å². The molecule has 106 valence electrons. The fourth-order valence-electron chi connectivity index (χ4n) is 1.58. The van der Waals surface area contributed by atoms with Gasteiger partial charge in [-0.25, -0.2) is 4.39 Å². The molecule has 1 aromatic carbocycles. The number of para-hydroxylation sites is 1. The van der Waals surface area contributed by atoms with E-state index < -0.39 is 18.0 Å². The first-order valence-corrected chi connectivity index (χ1v) is 6.41. The van der Waals surface area contributed by atoms with Crippen molar-refractivity contribution in [3.8, 4) is 5.75 Å². The minimum absolute atomic E-state index is 0.0410. The Labute approximate surface area is 112 Å². The van der Waals surface area contributed by atoms with Crippen LogP contribution in [0, 0.1) is 5.82 Å². The standard InChI is InChI=1S/C14H20FNO3/c1-3-6-11(17)9-16-14(18)10(2)19-13-8-5-4-7-12(13)15/h4-5,7-8,10-11,17H,3,6,9H2,1-2H3,(H,16,18). The highest BCUT2D eigenvalue weighted by molar-refractivity contribution is 5.80. The molecule has 0 radical (unpaired) electrons. The zero-order valence-electron chi connectivity index (χ0n) is 11.2. The van der Waals surface area contributed by atoms with Crippen LogP contribution in [0.1, 0.15) is 26.7 Å². The Bertz CT molecular complexity index is 411. The Morgan fingerprint density at radius 2 is 2.16 bits per heavy atom. The number of ether oxygens (including phenoxy) is 1. The maximum atomic E-state index is 13.3. The van der Waals surface area contributed by atoms with Crippen molar-refractivity contribution in [3.05, 3.63) is 30.1 Å².